The molecule has 0 saturated carbocycles. The lowest BCUT2D eigenvalue weighted by molar-refractivity contribution is -0.128. The Kier molecular flexibility index (Phi) is 7.24. The van der Waals surface area contributed by atoms with Crippen LogP contribution >= 0.6 is 0 Å². The first kappa shape index (κ1) is 23.8. The summed E-state index contributed by atoms with van der Waals surface area (Å²) in [6.07, 6.45) is 12.9. The van der Waals surface area contributed by atoms with Gasteiger partial charge in [0.1, 0.15) is 5.75 Å². The van der Waals surface area contributed by atoms with Crippen molar-refractivity contribution in [3.63, 3.8) is 0 Å². The van der Waals surface area contributed by atoms with Crippen LogP contribution in [0.2, 0.25) is 0 Å². The van der Waals surface area contributed by atoms with Crippen LogP contribution in [0.4, 0.5) is 11.4 Å². The molecule has 0 amide bonds. The smallest absolute Gasteiger partial charge is 0.335 e. The largest absolute Gasteiger partial charge is 0.423 e. The van der Waals surface area contributed by atoms with E-state index in [0.717, 1.165) is 35.0 Å². The maximum Gasteiger partial charge on any atom is 0.335 e. The highest BCUT2D eigenvalue weighted by Gasteiger charge is 2.13. The van der Waals surface area contributed by atoms with Crippen molar-refractivity contribution in [2.45, 2.75) is 6.42 Å². The highest BCUT2D eigenvalue weighted by molar-refractivity contribution is 5.84. The predicted molar refractivity (Wildman–Crippen MR) is 153 cm³/mol. The number of hydrogen-bond donors (Lipinski definition) is 0. The number of esters is 1. The Morgan fingerprint density at radius 2 is 1.38 bits per heavy atom. The van der Waals surface area contributed by atoms with Gasteiger partial charge < -0.3 is 9.64 Å². The van der Waals surface area contributed by atoms with E-state index < -0.39 is 5.97 Å². The third-order valence-corrected chi connectivity index (χ3v) is 6.17. The lowest BCUT2D eigenvalue weighted by Crippen LogP contribution is -2.10. The summed E-state index contributed by atoms with van der Waals surface area (Å²) in [7, 11) is 0. The Bertz CT molecular complexity index is 1480. The van der Waals surface area contributed by atoms with E-state index in [0.29, 0.717) is 5.75 Å². The Labute approximate surface area is 218 Å². The fourth-order valence-corrected chi connectivity index (χ4v) is 4.26. The molecule has 4 aromatic rings. The highest BCUT2D eigenvalue weighted by Crippen LogP contribution is 2.32. The van der Waals surface area contributed by atoms with Gasteiger partial charge in [-0.25, -0.2) is 4.79 Å². The zero-order chi connectivity index (χ0) is 25.5. The summed E-state index contributed by atoms with van der Waals surface area (Å²) in [5, 5.41) is 0. The molecule has 3 nitrogen and oxygen atoms in total. The molecule has 0 unspecified atom stereocenters. The molecule has 5 rings (SSSR count). The number of carbonyl (C=O) groups is 1. The van der Waals surface area contributed by atoms with E-state index >= 15 is 0 Å². The molecule has 0 aliphatic heterocycles. The van der Waals surface area contributed by atoms with E-state index in [2.05, 4.69) is 109 Å². The molecule has 0 fully saturated rings. The van der Waals surface area contributed by atoms with Crippen molar-refractivity contribution in [3.8, 4) is 5.75 Å². The van der Waals surface area contributed by atoms with Crippen LogP contribution in [0.3, 0.4) is 0 Å². The Morgan fingerprint density at radius 3 is 2.08 bits per heavy atom. The number of allylic oxidation sites excluding steroid dienone is 3. The number of benzene rings is 4. The van der Waals surface area contributed by atoms with Gasteiger partial charge in [0, 0.05) is 23.7 Å². The molecule has 0 heterocycles. The zero-order valence-electron chi connectivity index (χ0n) is 20.5. The average molecular weight is 482 g/mol. The molecule has 1 aliphatic carbocycles. The monoisotopic (exact) mass is 481 g/mol. The van der Waals surface area contributed by atoms with E-state index in [9.17, 15) is 4.79 Å². The maximum absolute atomic E-state index is 11.3. The first-order valence-electron chi connectivity index (χ1n) is 12.2. The van der Waals surface area contributed by atoms with Gasteiger partial charge >= 0.3 is 5.97 Å². The zero-order valence-corrected chi connectivity index (χ0v) is 20.5. The molecule has 4 aromatic carbocycles. The first-order valence-corrected chi connectivity index (χ1v) is 12.2. The Balaban J connectivity index is 1.39. The second-order valence-electron chi connectivity index (χ2n) is 8.67. The van der Waals surface area contributed by atoms with Gasteiger partial charge in [0.2, 0.25) is 0 Å². The molecule has 3 heteroatoms. The molecule has 37 heavy (non-hydrogen) atoms. The summed E-state index contributed by atoms with van der Waals surface area (Å²) < 4.78 is 5.13. The van der Waals surface area contributed by atoms with Gasteiger partial charge in [-0.2, -0.15) is 0 Å². The van der Waals surface area contributed by atoms with Gasteiger partial charge in [0.05, 0.1) is 0 Å². The van der Waals surface area contributed by atoms with Crippen molar-refractivity contribution in [2.75, 3.05) is 4.90 Å². The summed E-state index contributed by atoms with van der Waals surface area (Å²) >= 11 is 0. The molecular formula is C34H27NO2. The number of rotatable bonds is 7. The van der Waals surface area contributed by atoms with Crippen molar-refractivity contribution >= 4 is 35.1 Å². The number of anilines is 2. The lowest BCUT2D eigenvalue weighted by Gasteiger charge is -2.24. The van der Waals surface area contributed by atoms with Crippen molar-refractivity contribution in [1.29, 1.82) is 0 Å². The van der Waals surface area contributed by atoms with E-state index in [4.69, 9.17) is 4.74 Å². The van der Waals surface area contributed by atoms with Crippen LogP contribution < -0.4 is 9.64 Å². The fourth-order valence-electron chi connectivity index (χ4n) is 4.26. The first-order chi connectivity index (χ1) is 18.2. The highest BCUT2D eigenvalue weighted by atomic mass is 16.5. The van der Waals surface area contributed by atoms with Crippen LogP contribution in [-0.4, -0.2) is 5.97 Å². The van der Waals surface area contributed by atoms with Crippen LogP contribution in [0, 0.1) is 0 Å². The SMILES string of the molecule is C=CC(=O)Oc1ccc(C=Cc2ccc(N(C=C3C=CCc4ccccc43)c3ccccc3)cc2)cc1. The standard InChI is InChI=1S/C34H27NO2/c1-2-34(36)37-32-23-19-27(20-24-32)16-15-26-17-21-31(22-18-26)35(30-12-4-3-5-13-30)25-29-11-8-10-28-9-6-7-14-33(28)29/h2-9,11-25H,1,10H2. The molecule has 0 spiro atoms. The number of para-hydroxylation sites is 1. The minimum absolute atomic E-state index is 0.465. The van der Waals surface area contributed by atoms with E-state index in [1.807, 2.05) is 24.3 Å². The number of nitrogens with zero attached hydrogens (tertiary/aromatic N) is 1. The topological polar surface area (TPSA) is 29.5 Å². The molecule has 0 aromatic heterocycles. The minimum atomic E-state index is -0.465. The van der Waals surface area contributed by atoms with E-state index in [1.54, 1.807) is 12.1 Å². The Morgan fingerprint density at radius 1 is 0.757 bits per heavy atom. The number of fused-ring (bicyclic) bond motifs is 1. The van der Waals surface area contributed by atoms with E-state index in [1.165, 1.54) is 16.7 Å². The van der Waals surface area contributed by atoms with Crippen LogP contribution in [0.15, 0.2) is 134 Å². The van der Waals surface area contributed by atoms with Crippen LogP contribution in [-0.2, 0) is 11.2 Å². The molecule has 180 valence electrons. The second kappa shape index (κ2) is 11.2. The molecular weight excluding hydrogens is 454 g/mol. The molecule has 0 radical (unpaired) electrons. The molecule has 0 bridgehead atoms. The molecule has 0 N–H and O–H groups in total. The summed E-state index contributed by atoms with van der Waals surface area (Å²) in [5.41, 5.74) is 8.10. The minimum Gasteiger partial charge on any atom is -0.423 e. The summed E-state index contributed by atoms with van der Waals surface area (Å²) in [6.45, 7) is 3.41. The third-order valence-electron chi connectivity index (χ3n) is 6.17. The second-order valence-corrected chi connectivity index (χ2v) is 8.67. The Hall–Kier alpha value is -4.89. The van der Waals surface area contributed by atoms with Crippen molar-refractivity contribution in [1.82, 2.24) is 0 Å². The van der Waals surface area contributed by atoms with Gasteiger partial charge in [-0.15, -0.1) is 0 Å². The number of ether oxygens (including phenoxy) is 1. The average Bonchev–Trinajstić information content (AvgIpc) is 2.96. The van der Waals surface area contributed by atoms with Gasteiger partial charge in [-0.1, -0.05) is 97.6 Å². The third kappa shape index (κ3) is 5.85. The summed E-state index contributed by atoms with van der Waals surface area (Å²) in [6, 6.07) is 34.9. The molecule has 0 saturated heterocycles. The predicted octanol–water partition coefficient (Wildman–Crippen LogP) is 8.24. The molecule has 1 aliphatic rings. The van der Waals surface area contributed by atoms with Crippen LogP contribution in [0.5, 0.6) is 5.75 Å². The van der Waals surface area contributed by atoms with Crippen LogP contribution in [0.1, 0.15) is 22.3 Å². The lowest BCUT2D eigenvalue weighted by atomic mass is 9.93. The summed E-state index contributed by atoms with van der Waals surface area (Å²) in [4.78, 5) is 13.6. The van der Waals surface area contributed by atoms with Crippen molar-refractivity contribution in [3.05, 3.63) is 156 Å². The van der Waals surface area contributed by atoms with Gasteiger partial charge in [-0.3, -0.25) is 0 Å². The fraction of sp³-hybridized carbons (Fsp3) is 0.0294. The van der Waals surface area contributed by atoms with Crippen molar-refractivity contribution < 1.29 is 9.53 Å². The van der Waals surface area contributed by atoms with E-state index in [-0.39, 0.29) is 0 Å². The quantitative estimate of drug-likeness (QED) is 0.115. The number of carbonyl (C=O) groups excluding carboxylic acids is 1. The summed E-state index contributed by atoms with van der Waals surface area (Å²) in [5.74, 6) is 0.0317. The van der Waals surface area contributed by atoms with Crippen molar-refractivity contribution in [2.24, 2.45) is 0 Å². The van der Waals surface area contributed by atoms with Gasteiger partial charge in [0.25, 0.3) is 0 Å². The number of hydrogen-bond acceptors (Lipinski definition) is 3. The van der Waals surface area contributed by atoms with Gasteiger partial charge in [0.15, 0.2) is 0 Å². The molecule has 0 atom stereocenters. The van der Waals surface area contributed by atoms with Gasteiger partial charge in [-0.05, 0) is 70.6 Å². The van der Waals surface area contributed by atoms with Crippen LogP contribution in [0.25, 0.3) is 17.7 Å². The normalized spacial score (nSPS) is 13.4. The maximum atomic E-state index is 11.3.